The number of imide groups is 2. The Hall–Kier alpha value is -5.29. The smallest absolute Gasteiger partial charge is 0.335 e. The fraction of sp³-hybridized carbons (Fsp3) is 0.171. The van der Waals surface area contributed by atoms with Crippen molar-refractivity contribution >= 4 is 45.5 Å². The molecule has 4 aromatic carbocycles. The zero-order chi connectivity index (χ0) is 32.6. The molecule has 0 aromatic heterocycles. The lowest BCUT2D eigenvalue weighted by Gasteiger charge is -2.26. The molecule has 1 N–H and O–H groups in total. The Kier molecular flexibility index (Phi) is 10.2. The number of urea groups is 1. The van der Waals surface area contributed by atoms with Crippen LogP contribution in [0.15, 0.2) is 95.0 Å². The van der Waals surface area contributed by atoms with Gasteiger partial charge < -0.3 is 23.7 Å². The van der Waals surface area contributed by atoms with E-state index in [4.69, 9.17) is 23.7 Å². The summed E-state index contributed by atoms with van der Waals surface area (Å²) >= 11 is 3.53. The first kappa shape index (κ1) is 32.1. The third-order valence-electron chi connectivity index (χ3n) is 6.92. The summed E-state index contributed by atoms with van der Waals surface area (Å²) in [7, 11) is 3.00. The van der Waals surface area contributed by atoms with Gasteiger partial charge in [-0.2, -0.15) is 0 Å². The van der Waals surface area contributed by atoms with Crippen LogP contribution < -0.4 is 33.9 Å². The number of ether oxygens (including phenoxy) is 5. The first-order chi connectivity index (χ1) is 22.3. The number of rotatable bonds is 12. The van der Waals surface area contributed by atoms with Gasteiger partial charge in [0, 0.05) is 0 Å². The molecule has 0 unspecified atom stereocenters. The standard InChI is InChI=1S/C35H31BrN2O8/c1-4-44-30-18-23(10-15-29(30)45-20-22-8-6-5-7-9-22)21-46-32-28(36)17-24(19-31(32)43-3)16-27-33(39)37-35(41)38(34(27)40)25-11-13-26(42-2)14-12-25/h5-19H,4,20-21H2,1-3H3,(H,37,39,41)/b27-16+. The molecule has 4 aromatic rings. The van der Waals surface area contributed by atoms with Crippen molar-refractivity contribution in [3.8, 4) is 28.7 Å². The van der Waals surface area contributed by atoms with E-state index in [1.54, 1.807) is 36.4 Å². The summed E-state index contributed by atoms with van der Waals surface area (Å²) in [5.74, 6) is 0.984. The van der Waals surface area contributed by atoms with E-state index < -0.39 is 17.8 Å². The number of hydrogen-bond donors (Lipinski definition) is 1. The molecule has 1 fully saturated rings. The molecule has 11 heteroatoms. The Labute approximate surface area is 274 Å². The van der Waals surface area contributed by atoms with Gasteiger partial charge in [-0.15, -0.1) is 0 Å². The van der Waals surface area contributed by atoms with Gasteiger partial charge in [0.1, 0.15) is 24.5 Å². The first-order valence-corrected chi connectivity index (χ1v) is 15.1. The van der Waals surface area contributed by atoms with Crippen LogP contribution in [0.3, 0.4) is 0 Å². The highest BCUT2D eigenvalue weighted by molar-refractivity contribution is 9.10. The molecule has 0 spiro atoms. The van der Waals surface area contributed by atoms with Crippen LogP contribution >= 0.6 is 15.9 Å². The van der Waals surface area contributed by atoms with Crippen LogP contribution in [-0.2, 0) is 22.8 Å². The van der Waals surface area contributed by atoms with Gasteiger partial charge in [0.05, 0.1) is 31.0 Å². The average molecular weight is 688 g/mol. The Morgan fingerprint density at radius 2 is 1.50 bits per heavy atom. The number of nitrogens with one attached hydrogen (secondary N) is 1. The maximum Gasteiger partial charge on any atom is 0.335 e. The predicted octanol–water partition coefficient (Wildman–Crippen LogP) is 6.69. The molecule has 46 heavy (non-hydrogen) atoms. The zero-order valence-corrected chi connectivity index (χ0v) is 27.0. The fourth-order valence-corrected chi connectivity index (χ4v) is 5.25. The van der Waals surface area contributed by atoms with Crippen LogP contribution in [0.2, 0.25) is 0 Å². The van der Waals surface area contributed by atoms with Crippen molar-refractivity contribution in [2.45, 2.75) is 20.1 Å². The topological polar surface area (TPSA) is 113 Å². The molecule has 10 nitrogen and oxygen atoms in total. The van der Waals surface area contributed by atoms with E-state index >= 15 is 0 Å². The molecular weight excluding hydrogens is 656 g/mol. The van der Waals surface area contributed by atoms with Crippen molar-refractivity contribution in [3.63, 3.8) is 0 Å². The molecule has 5 rings (SSSR count). The van der Waals surface area contributed by atoms with Gasteiger partial charge in [-0.05, 0) is 94.2 Å². The van der Waals surface area contributed by atoms with E-state index in [2.05, 4.69) is 21.2 Å². The molecular formula is C35H31BrN2O8. The monoisotopic (exact) mass is 686 g/mol. The van der Waals surface area contributed by atoms with Gasteiger partial charge in [-0.25, -0.2) is 9.69 Å². The number of carbonyl (C=O) groups excluding carboxylic acids is 3. The van der Waals surface area contributed by atoms with Gasteiger partial charge in [0.15, 0.2) is 23.0 Å². The first-order valence-electron chi connectivity index (χ1n) is 14.3. The third-order valence-corrected chi connectivity index (χ3v) is 7.51. The molecule has 1 aliphatic heterocycles. The quantitative estimate of drug-likeness (QED) is 0.130. The minimum atomic E-state index is -0.844. The van der Waals surface area contributed by atoms with Crippen molar-refractivity contribution < 1.29 is 38.1 Å². The van der Waals surface area contributed by atoms with Crippen LogP contribution in [0.5, 0.6) is 28.7 Å². The second kappa shape index (κ2) is 14.7. The zero-order valence-electron chi connectivity index (χ0n) is 25.4. The Morgan fingerprint density at radius 3 is 2.20 bits per heavy atom. The fourth-order valence-electron chi connectivity index (χ4n) is 4.67. The van der Waals surface area contributed by atoms with Crippen LogP contribution in [0.4, 0.5) is 10.5 Å². The highest BCUT2D eigenvalue weighted by Crippen LogP contribution is 2.39. The number of methoxy groups -OCH3 is 2. The van der Waals surface area contributed by atoms with E-state index in [9.17, 15) is 14.4 Å². The Balaban J connectivity index is 1.34. The molecule has 4 amide bonds. The van der Waals surface area contributed by atoms with Gasteiger partial charge in [0.2, 0.25) is 0 Å². The van der Waals surface area contributed by atoms with Crippen molar-refractivity contribution in [2.24, 2.45) is 0 Å². The number of anilines is 1. The number of benzene rings is 4. The number of carbonyl (C=O) groups is 3. The number of halogens is 1. The van der Waals surface area contributed by atoms with E-state index in [0.29, 0.717) is 52.0 Å². The molecule has 0 saturated carbocycles. The maximum atomic E-state index is 13.3. The molecule has 1 aliphatic rings. The van der Waals surface area contributed by atoms with Crippen LogP contribution in [0.25, 0.3) is 6.08 Å². The maximum absolute atomic E-state index is 13.3. The summed E-state index contributed by atoms with van der Waals surface area (Å²) in [4.78, 5) is 39.5. The number of barbiturate groups is 1. The van der Waals surface area contributed by atoms with Crippen molar-refractivity contribution in [1.29, 1.82) is 0 Å². The van der Waals surface area contributed by atoms with E-state index in [1.165, 1.54) is 20.3 Å². The van der Waals surface area contributed by atoms with Gasteiger partial charge in [-0.3, -0.25) is 14.9 Å². The van der Waals surface area contributed by atoms with Crippen molar-refractivity contribution in [1.82, 2.24) is 5.32 Å². The van der Waals surface area contributed by atoms with Gasteiger partial charge >= 0.3 is 6.03 Å². The minimum absolute atomic E-state index is 0.189. The van der Waals surface area contributed by atoms with Crippen LogP contribution in [0, 0.1) is 0 Å². The number of nitrogens with zero attached hydrogens (tertiary/aromatic N) is 1. The molecule has 0 atom stereocenters. The second-order valence-corrected chi connectivity index (χ2v) is 10.8. The van der Waals surface area contributed by atoms with Gasteiger partial charge in [0.25, 0.3) is 11.8 Å². The summed E-state index contributed by atoms with van der Waals surface area (Å²) in [6, 6.07) is 24.3. The van der Waals surface area contributed by atoms with Crippen molar-refractivity contribution in [2.75, 3.05) is 25.7 Å². The van der Waals surface area contributed by atoms with Gasteiger partial charge in [-0.1, -0.05) is 36.4 Å². The Bertz CT molecular complexity index is 1770. The summed E-state index contributed by atoms with van der Waals surface area (Å²) in [5, 5.41) is 2.22. The summed E-state index contributed by atoms with van der Waals surface area (Å²) in [5.41, 5.74) is 2.41. The molecule has 236 valence electrons. The Morgan fingerprint density at radius 1 is 0.761 bits per heavy atom. The lowest BCUT2D eigenvalue weighted by molar-refractivity contribution is -0.122. The van der Waals surface area contributed by atoms with Crippen LogP contribution in [0.1, 0.15) is 23.6 Å². The molecule has 0 bridgehead atoms. The number of amides is 4. The predicted molar refractivity (Wildman–Crippen MR) is 175 cm³/mol. The van der Waals surface area contributed by atoms with E-state index in [0.717, 1.165) is 16.0 Å². The highest BCUT2D eigenvalue weighted by Gasteiger charge is 2.37. The SMILES string of the molecule is CCOc1cc(COc2c(Br)cc(/C=C3\C(=O)NC(=O)N(c4ccc(OC)cc4)C3=O)cc2OC)ccc1OCc1ccccc1. The highest BCUT2D eigenvalue weighted by atomic mass is 79.9. The summed E-state index contributed by atoms with van der Waals surface area (Å²) in [6.45, 7) is 2.97. The molecule has 0 aliphatic carbocycles. The normalized spacial score (nSPS) is 13.8. The molecule has 1 saturated heterocycles. The largest absolute Gasteiger partial charge is 0.497 e. The number of hydrogen-bond acceptors (Lipinski definition) is 8. The lowest BCUT2D eigenvalue weighted by atomic mass is 10.1. The lowest BCUT2D eigenvalue weighted by Crippen LogP contribution is -2.54. The second-order valence-electron chi connectivity index (χ2n) is 9.97. The minimum Gasteiger partial charge on any atom is -0.497 e. The average Bonchev–Trinajstić information content (AvgIpc) is 3.06. The molecule has 0 radical (unpaired) electrons. The molecule has 1 heterocycles. The summed E-state index contributed by atoms with van der Waals surface area (Å²) < 4.78 is 29.3. The van der Waals surface area contributed by atoms with E-state index in [1.807, 2.05) is 55.5 Å². The summed E-state index contributed by atoms with van der Waals surface area (Å²) in [6.07, 6.45) is 1.39. The van der Waals surface area contributed by atoms with Crippen LogP contribution in [-0.4, -0.2) is 38.7 Å². The van der Waals surface area contributed by atoms with Crippen molar-refractivity contribution in [3.05, 3.63) is 112 Å². The third kappa shape index (κ3) is 7.32. The van der Waals surface area contributed by atoms with E-state index in [-0.39, 0.29) is 17.9 Å².